The summed E-state index contributed by atoms with van der Waals surface area (Å²) in [5.41, 5.74) is 6.86. The first-order valence-corrected chi connectivity index (χ1v) is 5.56. The third-order valence-electron chi connectivity index (χ3n) is 2.79. The number of hydrogen-bond donors (Lipinski definition) is 1. The average Bonchev–Trinajstić information content (AvgIpc) is 2.48. The van der Waals surface area contributed by atoms with Gasteiger partial charge in [0.05, 0.1) is 19.6 Å². The highest BCUT2D eigenvalue weighted by atomic mass is 19.1. The number of amides is 1. The maximum absolute atomic E-state index is 12.9. The van der Waals surface area contributed by atoms with E-state index in [-0.39, 0.29) is 11.7 Å². The van der Waals surface area contributed by atoms with E-state index in [1.165, 1.54) is 12.1 Å². The van der Waals surface area contributed by atoms with Gasteiger partial charge in [0.2, 0.25) is 5.91 Å². The number of nitrogens with two attached hydrogens (primary N) is 1. The Labute approximate surface area is 99.2 Å². The molecule has 17 heavy (non-hydrogen) atoms. The number of anilines is 1. The summed E-state index contributed by atoms with van der Waals surface area (Å²) in [6, 6.07) is 4.24. The van der Waals surface area contributed by atoms with E-state index < -0.39 is 0 Å². The number of nitrogens with zero attached hydrogens (tertiary/aromatic N) is 1. The van der Waals surface area contributed by atoms with Crippen molar-refractivity contribution in [3.63, 3.8) is 0 Å². The molecule has 0 aliphatic carbocycles. The lowest BCUT2D eigenvalue weighted by Crippen LogP contribution is -2.31. The van der Waals surface area contributed by atoms with Crippen LogP contribution in [0.1, 0.15) is 12.0 Å². The van der Waals surface area contributed by atoms with Crippen molar-refractivity contribution in [3.8, 4) is 0 Å². The highest BCUT2D eigenvalue weighted by molar-refractivity contribution is 5.76. The van der Waals surface area contributed by atoms with Gasteiger partial charge in [0.25, 0.3) is 0 Å². The lowest BCUT2D eigenvalue weighted by molar-refractivity contribution is -0.130. The van der Waals surface area contributed by atoms with Crippen molar-refractivity contribution >= 4 is 11.6 Å². The first-order chi connectivity index (χ1) is 8.16. The minimum atomic E-state index is -0.364. The highest BCUT2D eigenvalue weighted by Gasteiger charge is 2.17. The van der Waals surface area contributed by atoms with E-state index in [2.05, 4.69) is 0 Å². The van der Waals surface area contributed by atoms with Crippen LogP contribution in [0.3, 0.4) is 0 Å². The summed E-state index contributed by atoms with van der Waals surface area (Å²) in [5.74, 6) is -0.317. The Morgan fingerprint density at radius 1 is 1.41 bits per heavy atom. The molecule has 1 aliphatic rings. The third-order valence-corrected chi connectivity index (χ3v) is 2.79. The van der Waals surface area contributed by atoms with Crippen LogP contribution < -0.4 is 5.73 Å². The summed E-state index contributed by atoms with van der Waals surface area (Å²) in [6.07, 6.45) is 0.390. The summed E-state index contributed by atoms with van der Waals surface area (Å²) in [4.78, 5) is 13.4. The van der Waals surface area contributed by atoms with Gasteiger partial charge < -0.3 is 15.4 Å². The third kappa shape index (κ3) is 2.94. The van der Waals surface area contributed by atoms with Gasteiger partial charge in [-0.3, -0.25) is 4.79 Å². The molecule has 0 spiro atoms. The van der Waals surface area contributed by atoms with Crippen LogP contribution in [0.2, 0.25) is 0 Å². The molecule has 0 saturated carbocycles. The minimum Gasteiger partial charge on any atom is -0.398 e. The van der Waals surface area contributed by atoms with Gasteiger partial charge in [-0.05, 0) is 17.7 Å². The topological polar surface area (TPSA) is 55.6 Å². The fourth-order valence-corrected chi connectivity index (χ4v) is 1.80. The van der Waals surface area contributed by atoms with Gasteiger partial charge in [-0.1, -0.05) is 6.07 Å². The number of ether oxygens (including phenoxy) is 1. The molecule has 92 valence electrons. The van der Waals surface area contributed by atoms with Crippen LogP contribution in [0.25, 0.3) is 0 Å². The largest absolute Gasteiger partial charge is 0.398 e. The number of nitrogen functional groups attached to an aromatic ring is 1. The number of halogens is 1. The molecule has 0 atom stereocenters. The minimum absolute atomic E-state index is 0.0474. The van der Waals surface area contributed by atoms with Crippen LogP contribution in [0.15, 0.2) is 18.2 Å². The summed E-state index contributed by atoms with van der Waals surface area (Å²) in [5, 5.41) is 0. The second-order valence-corrected chi connectivity index (χ2v) is 4.02. The van der Waals surface area contributed by atoms with Crippen molar-refractivity contribution in [1.82, 2.24) is 4.90 Å². The smallest absolute Gasteiger partial charge is 0.225 e. The lowest BCUT2D eigenvalue weighted by Gasteiger charge is -2.20. The molecule has 4 nitrogen and oxygen atoms in total. The molecular formula is C12H15FN2O2. The van der Waals surface area contributed by atoms with E-state index in [0.29, 0.717) is 38.4 Å². The lowest BCUT2D eigenvalue weighted by atomic mass is 10.1. The fourth-order valence-electron chi connectivity index (χ4n) is 1.80. The molecule has 5 heteroatoms. The van der Waals surface area contributed by atoms with Crippen molar-refractivity contribution in [3.05, 3.63) is 29.6 Å². The van der Waals surface area contributed by atoms with Crippen molar-refractivity contribution < 1.29 is 13.9 Å². The van der Waals surface area contributed by atoms with E-state index in [9.17, 15) is 9.18 Å². The molecule has 0 radical (unpaired) electrons. The highest BCUT2D eigenvalue weighted by Crippen LogP contribution is 2.16. The van der Waals surface area contributed by atoms with Crippen LogP contribution in [-0.2, 0) is 16.1 Å². The van der Waals surface area contributed by atoms with E-state index >= 15 is 0 Å². The van der Waals surface area contributed by atoms with Crippen LogP contribution in [0.4, 0.5) is 10.1 Å². The Balaban J connectivity index is 2.10. The van der Waals surface area contributed by atoms with Crippen molar-refractivity contribution in [1.29, 1.82) is 0 Å². The number of carbonyl (C=O) groups excluding carboxylic acids is 1. The molecule has 2 N–H and O–H groups in total. The zero-order valence-corrected chi connectivity index (χ0v) is 9.49. The Morgan fingerprint density at radius 2 is 2.24 bits per heavy atom. The Hall–Kier alpha value is -1.62. The molecule has 1 heterocycles. The molecule has 1 aromatic rings. The zero-order chi connectivity index (χ0) is 12.3. The SMILES string of the molecule is Nc1cc(F)ccc1CN1CCOCCC1=O. The molecular weight excluding hydrogens is 223 g/mol. The van der Waals surface area contributed by atoms with Gasteiger partial charge in [-0.25, -0.2) is 4.39 Å². The van der Waals surface area contributed by atoms with Crippen LogP contribution in [0, 0.1) is 5.82 Å². The van der Waals surface area contributed by atoms with E-state index in [0.717, 1.165) is 5.56 Å². The van der Waals surface area contributed by atoms with Gasteiger partial charge in [-0.2, -0.15) is 0 Å². The van der Waals surface area contributed by atoms with Gasteiger partial charge in [0, 0.05) is 18.8 Å². The van der Waals surface area contributed by atoms with Crippen molar-refractivity contribution in [2.45, 2.75) is 13.0 Å². The van der Waals surface area contributed by atoms with Gasteiger partial charge in [0.1, 0.15) is 5.82 Å². The van der Waals surface area contributed by atoms with Crippen LogP contribution in [0.5, 0.6) is 0 Å². The molecule has 0 unspecified atom stereocenters. The second kappa shape index (κ2) is 5.14. The Bertz CT molecular complexity index is 423. The summed E-state index contributed by atoms with van der Waals surface area (Å²) >= 11 is 0. The average molecular weight is 238 g/mol. The number of carbonyl (C=O) groups is 1. The molecule has 1 saturated heterocycles. The molecule has 2 rings (SSSR count). The standard InChI is InChI=1S/C12H15FN2O2/c13-10-2-1-9(11(14)7-10)8-15-4-6-17-5-3-12(15)16/h1-2,7H,3-6,8,14H2. The van der Waals surface area contributed by atoms with Gasteiger partial charge in [0.15, 0.2) is 0 Å². The molecule has 1 aliphatic heterocycles. The molecule has 0 aromatic heterocycles. The number of rotatable bonds is 2. The Kier molecular flexibility index (Phi) is 3.58. The quantitative estimate of drug-likeness (QED) is 0.786. The van der Waals surface area contributed by atoms with Crippen molar-refractivity contribution in [2.75, 3.05) is 25.5 Å². The van der Waals surface area contributed by atoms with Crippen LogP contribution in [-0.4, -0.2) is 30.6 Å². The molecule has 1 fully saturated rings. The Morgan fingerprint density at radius 3 is 3.00 bits per heavy atom. The van der Waals surface area contributed by atoms with Gasteiger partial charge >= 0.3 is 0 Å². The zero-order valence-electron chi connectivity index (χ0n) is 9.49. The van der Waals surface area contributed by atoms with E-state index in [1.807, 2.05) is 0 Å². The first kappa shape index (κ1) is 11.9. The molecule has 1 amide bonds. The molecule has 1 aromatic carbocycles. The summed E-state index contributed by atoms with van der Waals surface area (Å²) in [7, 11) is 0. The van der Waals surface area contributed by atoms with E-state index in [4.69, 9.17) is 10.5 Å². The summed E-state index contributed by atoms with van der Waals surface area (Å²) < 4.78 is 18.1. The van der Waals surface area contributed by atoms with Gasteiger partial charge in [-0.15, -0.1) is 0 Å². The number of hydrogen-bond acceptors (Lipinski definition) is 3. The van der Waals surface area contributed by atoms with E-state index in [1.54, 1.807) is 11.0 Å². The monoisotopic (exact) mass is 238 g/mol. The predicted molar refractivity (Wildman–Crippen MR) is 61.7 cm³/mol. The molecule has 0 bridgehead atoms. The number of benzene rings is 1. The second-order valence-electron chi connectivity index (χ2n) is 4.02. The normalized spacial score (nSPS) is 17.0. The van der Waals surface area contributed by atoms with Crippen LogP contribution >= 0.6 is 0 Å². The maximum atomic E-state index is 12.9. The van der Waals surface area contributed by atoms with Crippen molar-refractivity contribution in [2.24, 2.45) is 0 Å². The fraction of sp³-hybridized carbons (Fsp3) is 0.417. The summed E-state index contributed by atoms with van der Waals surface area (Å²) in [6.45, 7) is 1.96. The predicted octanol–water partition coefficient (Wildman–Crippen LogP) is 1.16. The maximum Gasteiger partial charge on any atom is 0.225 e. The first-order valence-electron chi connectivity index (χ1n) is 5.56.